The zero-order chi connectivity index (χ0) is 18.8. The predicted molar refractivity (Wildman–Crippen MR) is 103 cm³/mol. The highest BCUT2D eigenvalue weighted by atomic mass is 35.5. The first-order chi connectivity index (χ1) is 12.4. The normalized spacial score (nSPS) is 16.7. The number of aryl methyl sites for hydroxylation is 1. The molecule has 0 aromatic heterocycles. The summed E-state index contributed by atoms with van der Waals surface area (Å²) in [5.41, 5.74) is 2.24. The van der Waals surface area contributed by atoms with Gasteiger partial charge in [-0.25, -0.2) is 0 Å². The van der Waals surface area contributed by atoms with E-state index in [1.165, 1.54) is 0 Å². The Balaban J connectivity index is 1.76. The Kier molecular flexibility index (Phi) is 5.39. The molecule has 1 fully saturated rings. The van der Waals surface area contributed by atoms with Crippen LogP contribution in [0, 0.1) is 12.8 Å². The van der Waals surface area contributed by atoms with Gasteiger partial charge in [0.1, 0.15) is 5.75 Å². The molecule has 1 unspecified atom stereocenters. The highest BCUT2D eigenvalue weighted by Gasteiger charge is 2.36. The molecule has 0 bridgehead atoms. The van der Waals surface area contributed by atoms with E-state index in [1.807, 2.05) is 25.1 Å². The van der Waals surface area contributed by atoms with Crippen molar-refractivity contribution in [3.63, 3.8) is 0 Å². The van der Waals surface area contributed by atoms with Crippen molar-refractivity contribution in [3.05, 3.63) is 52.0 Å². The molecular weight excluding hydrogens is 375 g/mol. The van der Waals surface area contributed by atoms with Gasteiger partial charge in [-0.05, 0) is 42.8 Å². The van der Waals surface area contributed by atoms with E-state index in [9.17, 15) is 9.59 Å². The van der Waals surface area contributed by atoms with E-state index in [2.05, 4.69) is 5.32 Å². The summed E-state index contributed by atoms with van der Waals surface area (Å²) in [6.07, 6.45) is 0.143. The molecule has 1 aliphatic rings. The Morgan fingerprint density at radius 2 is 1.96 bits per heavy atom. The van der Waals surface area contributed by atoms with Crippen LogP contribution in [0.25, 0.3) is 0 Å². The van der Waals surface area contributed by atoms with Crippen LogP contribution in [0.1, 0.15) is 12.0 Å². The minimum absolute atomic E-state index is 0.108. The van der Waals surface area contributed by atoms with E-state index in [1.54, 1.807) is 30.2 Å². The monoisotopic (exact) mass is 392 g/mol. The average molecular weight is 393 g/mol. The maximum atomic E-state index is 12.6. The molecule has 2 aromatic rings. The van der Waals surface area contributed by atoms with Crippen molar-refractivity contribution in [1.29, 1.82) is 0 Å². The van der Waals surface area contributed by atoms with Crippen molar-refractivity contribution >= 4 is 46.4 Å². The van der Waals surface area contributed by atoms with Crippen LogP contribution >= 0.6 is 23.2 Å². The lowest BCUT2D eigenvalue weighted by Gasteiger charge is -2.20. The summed E-state index contributed by atoms with van der Waals surface area (Å²) in [6, 6.07) is 10.5. The molecule has 26 heavy (non-hydrogen) atoms. The van der Waals surface area contributed by atoms with Gasteiger partial charge in [-0.3, -0.25) is 9.59 Å². The van der Waals surface area contributed by atoms with Crippen molar-refractivity contribution in [2.24, 2.45) is 5.92 Å². The molecule has 1 aliphatic heterocycles. The van der Waals surface area contributed by atoms with Gasteiger partial charge in [-0.1, -0.05) is 29.3 Å². The molecule has 1 heterocycles. The van der Waals surface area contributed by atoms with Crippen LogP contribution in [0.3, 0.4) is 0 Å². The number of amides is 2. The number of rotatable bonds is 4. The molecule has 1 saturated heterocycles. The third-order valence-electron chi connectivity index (χ3n) is 4.31. The van der Waals surface area contributed by atoms with Gasteiger partial charge in [0.15, 0.2) is 0 Å². The summed E-state index contributed by atoms with van der Waals surface area (Å²) >= 11 is 11.9. The standard InChI is InChI=1S/C19H18Cl2N2O3/c1-11-3-6-17(26-2)16(7-11)23-10-12(8-18(23)24)19(25)22-13-4-5-14(20)15(21)9-13/h3-7,9,12H,8,10H2,1-2H3,(H,22,25). The lowest BCUT2D eigenvalue weighted by molar-refractivity contribution is -0.122. The Bertz CT molecular complexity index is 870. The van der Waals surface area contributed by atoms with Crippen molar-refractivity contribution in [2.75, 3.05) is 23.9 Å². The summed E-state index contributed by atoms with van der Waals surface area (Å²) in [4.78, 5) is 26.6. The van der Waals surface area contributed by atoms with Crippen molar-refractivity contribution < 1.29 is 14.3 Å². The minimum atomic E-state index is -0.456. The van der Waals surface area contributed by atoms with Crippen LogP contribution in [0.15, 0.2) is 36.4 Å². The Morgan fingerprint density at radius 1 is 1.19 bits per heavy atom. The van der Waals surface area contributed by atoms with Crippen molar-refractivity contribution in [3.8, 4) is 5.75 Å². The highest BCUT2D eigenvalue weighted by Crippen LogP contribution is 2.34. The second-order valence-corrected chi connectivity index (χ2v) is 7.01. The fourth-order valence-electron chi connectivity index (χ4n) is 2.95. The number of carbonyl (C=O) groups excluding carboxylic acids is 2. The summed E-state index contributed by atoms with van der Waals surface area (Å²) in [7, 11) is 1.56. The van der Waals surface area contributed by atoms with Crippen LogP contribution in [0.4, 0.5) is 11.4 Å². The molecule has 0 aliphatic carbocycles. The van der Waals surface area contributed by atoms with E-state index in [4.69, 9.17) is 27.9 Å². The number of nitrogens with zero attached hydrogens (tertiary/aromatic N) is 1. The second kappa shape index (κ2) is 7.56. The number of carbonyl (C=O) groups is 2. The molecule has 3 rings (SSSR count). The molecule has 5 nitrogen and oxygen atoms in total. The van der Waals surface area contributed by atoms with Crippen molar-refractivity contribution in [1.82, 2.24) is 0 Å². The maximum absolute atomic E-state index is 12.6. The van der Waals surface area contributed by atoms with Gasteiger partial charge in [-0.15, -0.1) is 0 Å². The minimum Gasteiger partial charge on any atom is -0.495 e. The van der Waals surface area contributed by atoms with Gasteiger partial charge >= 0.3 is 0 Å². The topological polar surface area (TPSA) is 58.6 Å². The Hall–Kier alpha value is -2.24. The number of ether oxygens (including phenoxy) is 1. The van der Waals surface area contributed by atoms with Crippen LogP contribution < -0.4 is 15.0 Å². The first-order valence-electron chi connectivity index (χ1n) is 8.10. The number of hydrogen-bond donors (Lipinski definition) is 1. The van der Waals surface area contributed by atoms with Crippen LogP contribution in [0.5, 0.6) is 5.75 Å². The zero-order valence-electron chi connectivity index (χ0n) is 14.4. The molecular formula is C19H18Cl2N2O3. The van der Waals surface area contributed by atoms with Gasteiger partial charge < -0.3 is 15.0 Å². The lowest BCUT2D eigenvalue weighted by atomic mass is 10.1. The number of halogens is 2. The first-order valence-corrected chi connectivity index (χ1v) is 8.85. The Labute approximate surface area is 161 Å². The zero-order valence-corrected chi connectivity index (χ0v) is 15.9. The second-order valence-electron chi connectivity index (χ2n) is 6.20. The third-order valence-corrected chi connectivity index (χ3v) is 5.05. The fraction of sp³-hybridized carbons (Fsp3) is 0.263. The van der Waals surface area contributed by atoms with E-state index < -0.39 is 5.92 Å². The predicted octanol–water partition coefficient (Wildman–Crippen LogP) is 4.30. The lowest BCUT2D eigenvalue weighted by Crippen LogP contribution is -2.28. The molecule has 1 N–H and O–H groups in total. The molecule has 7 heteroatoms. The molecule has 0 radical (unpaired) electrons. The van der Waals surface area contributed by atoms with Crippen LogP contribution in [-0.2, 0) is 9.59 Å². The molecule has 0 spiro atoms. The van der Waals surface area contributed by atoms with Crippen LogP contribution in [0.2, 0.25) is 10.0 Å². The number of hydrogen-bond acceptors (Lipinski definition) is 3. The summed E-state index contributed by atoms with van der Waals surface area (Å²) < 4.78 is 5.36. The van der Waals surface area contributed by atoms with Crippen molar-refractivity contribution in [2.45, 2.75) is 13.3 Å². The quantitative estimate of drug-likeness (QED) is 0.843. The van der Waals surface area contributed by atoms with Gasteiger partial charge in [0, 0.05) is 18.7 Å². The maximum Gasteiger partial charge on any atom is 0.229 e. The third kappa shape index (κ3) is 3.79. The molecule has 1 atom stereocenters. The summed E-state index contributed by atoms with van der Waals surface area (Å²) in [5.74, 6) is -0.189. The summed E-state index contributed by atoms with van der Waals surface area (Å²) in [5, 5.41) is 3.57. The number of methoxy groups -OCH3 is 1. The van der Waals surface area contributed by atoms with E-state index in [-0.39, 0.29) is 18.2 Å². The van der Waals surface area contributed by atoms with Gasteiger partial charge in [-0.2, -0.15) is 0 Å². The van der Waals surface area contributed by atoms with E-state index in [0.29, 0.717) is 33.7 Å². The number of anilines is 2. The molecule has 0 saturated carbocycles. The van der Waals surface area contributed by atoms with Gasteiger partial charge in [0.05, 0.1) is 28.8 Å². The molecule has 136 valence electrons. The first kappa shape index (κ1) is 18.5. The largest absolute Gasteiger partial charge is 0.495 e. The summed E-state index contributed by atoms with van der Waals surface area (Å²) in [6.45, 7) is 2.24. The fourth-order valence-corrected chi connectivity index (χ4v) is 3.24. The highest BCUT2D eigenvalue weighted by molar-refractivity contribution is 6.42. The van der Waals surface area contributed by atoms with E-state index >= 15 is 0 Å². The Morgan fingerprint density at radius 3 is 2.65 bits per heavy atom. The molecule has 2 amide bonds. The van der Waals surface area contributed by atoms with Gasteiger partial charge in [0.25, 0.3) is 0 Å². The SMILES string of the molecule is COc1ccc(C)cc1N1CC(C(=O)Nc2ccc(Cl)c(Cl)c2)CC1=O. The van der Waals surface area contributed by atoms with Crippen LogP contribution in [-0.4, -0.2) is 25.5 Å². The average Bonchev–Trinajstić information content (AvgIpc) is 3.00. The number of benzene rings is 2. The number of nitrogens with one attached hydrogen (secondary N) is 1. The smallest absolute Gasteiger partial charge is 0.229 e. The van der Waals surface area contributed by atoms with Gasteiger partial charge in [0.2, 0.25) is 11.8 Å². The molecule has 2 aromatic carbocycles. The van der Waals surface area contributed by atoms with E-state index in [0.717, 1.165) is 5.56 Å².